The van der Waals surface area contributed by atoms with Crippen molar-refractivity contribution in [3.63, 3.8) is 0 Å². The van der Waals surface area contributed by atoms with Crippen molar-refractivity contribution in [1.82, 2.24) is 9.97 Å². The van der Waals surface area contributed by atoms with E-state index in [2.05, 4.69) is 54.8 Å². The molecule has 0 aliphatic heterocycles. The van der Waals surface area contributed by atoms with Crippen LogP contribution < -0.4 is 10.2 Å². The van der Waals surface area contributed by atoms with Gasteiger partial charge in [0.05, 0.1) is 0 Å². The minimum Gasteiger partial charge on any atom is -0.357 e. The second-order valence-electron chi connectivity index (χ2n) is 4.79. The maximum absolute atomic E-state index is 4.50. The zero-order chi connectivity index (χ0) is 12.2. The van der Waals surface area contributed by atoms with Gasteiger partial charge in [0.2, 0.25) is 5.95 Å². The van der Waals surface area contributed by atoms with Gasteiger partial charge in [-0.3, -0.25) is 0 Å². The van der Waals surface area contributed by atoms with Crippen molar-refractivity contribution < 1.29 is 0 Å². The van der Waals surface area contributed by atoms with E-state index in [1.54, 1.807) is 6.20 Å². The first-order valence-corrected chi connectivity index (χ1v) is 5.82. The number of nitrogens with zero attached hydrogens (tertiary/aromatic N) is 3. The molecule has 0 amide bonds. The molecule has 0 fully saturated rings. The maximum Gasteiger partial charge on any atom is 0.225 e. The molecular formula is C12H22N4. The molecule has 90 valence electrons. The first-order chi connectivity index (χ1) is 7.46. The van der Waals surface area contributed by atoms with Crippen LogP contribution in [0.1, 0.15) is 34.6 Å². The van der Waals surface area contributed by atoms with E-state index in [-0.39, 0.29) is 5.54 Å². The molecule has 0 spiro atoms. The summed E-state index contributed by atoms with van der Waals surface area (Å²) < 4.78 is 0. The lowest BCUT2D eigenvalue weighted by Gasteiger charge is -2.23. The molecule has 0 bridgehead atoms. The van der Waals surface area contributed by atoms with Gasteiger partial charge in [-0.15, -0.1) is 0 Å². The average Bonchev–Trinajstić information content (AvgIpc) is 2.17. The molecule has 0 aliphatic rings. The minimum atomic E-state index is -0.0120. The summed E-state index contributed by atoms with van der Waals surface area (Å²) in [6.07, 6.45) is 1.80. The Morgan fingerprint density at radius 3 is 2.38 bits per heavy atom. The van der Waals surface area contributed by atoms with E-state index in [0.717, 1.165) is 18.9 Å². The van der Waals surface area contributed by atoms with Crippen LogP contribution in [0.25, 0.3) is 0 Å². The molecule has 0 saturated heterocycles. The zero-order valence-corrected chi connectivity index (χ0v) is 10.9. The molecule has 0 radical (unpaired) electrons. The molecule has 4 heteroatoms. The summed E-state index contributed by atoms with van der Waals surface area (Å²) in [6.45, 7) is 12.5. The van der Waals surface area contributed by atoms with Crippen LogP contribution in [-0.2, 0) is 0 Å². The van der Waals surface area contributed by atoms with E-state index >= 15 is 0 Å². The largest absolute Gasteiger partial charge is 0.357 e. The molecule has 0 aliphatic carbocycles. The van der Waals surface area contributed by atoms with Crippen LogP contribution in [0, 0.1) is 0 Å². The van der Waals surface area contributed by atoms with Crippen LogP contribution in [0.4, 0.5) is 11.8 Å². The number of nitrogens with one attached hydrogen (secondary N) is 1. The summed E-state index contributed by atoms with van der Waals surface area (Å²) in [6, 6.07) is 1.95. The fourth-order valence-corrected chi connectivity index (χ4v) is 1.47. The summed E-state index contributed by atoms with van der Waals surface area (Å²) in [5.41, 5.74) is -0.0120. The summed E-state index contributed by atoms with van der Waals surface area (Å²) in [5.74, 6) is 1.67. The van der Waals surface area contributed by atoms with Gasteiger partial charge in [0.25, 0.3) is 0 Å². The molecule has 0 atom stereocenters. The smallest absolute Gasteiger partial charge is 0.225 e. The number of rotatable bonds is 4. The van der Waals surface area contributed by atoms with Gasteiger partial charge in [-0.05, 0) is 40.7 Å². The first-order valence-electron chi connectivity index (χ1n) is 5.82. The Bertz CT molecular complexity index is 326. The quantitative estimate of drug-likeness (QED) is 0.850. The van der Waals surface area contributed by atoms with E-state index in [4.69, 9.17) is 0 Å². The molecule has 1 heterocycles. The van der Waals surface area contributed by atoms with Crippen LogP contribution >= 0.6 is 0 Å². The highest BCUT2D eigenvalue weighted by molar-refractivity contribution is 5.42. The van der Waals surface area contributed by atoms with Gasteiger partial charge in [-0.1, -0.05) is 0 Å². The summed E-state index contributed by atoms with van der Waals surface area (Å²) >= 11 is 0. The molecule has 16 heavy (non-hydrogen) atoms. The van der Waals surface area contributed by atoms with Crippen molar-refractivity contribution in [3.8, 4) is 0 Å². The summed E-state index contributed by atoms with van der Waals surface area (Å²) in [7, 11) is 0. The minimum absolute atomic E-state index is 0.0120. The molecular weight excluding hydrogens is 200 g/mol. The second kappa shape index (κ2) is 5.14. The van der Waals surface area contributed by atoms with Gasteiger partial charge in [-0.25, -0.2) is 4.98 Å². The average molecular weight is 222 g/mol. The Balaban J connectivity index is 2.86. The summed E-state index contributed by atoms with van der Waals surface area (Å²) in [5, 5.41) is 3.28. The van der Waals surface area contributed by atoms with Gasteiger partial charge in [0.1, 0.15) is 5.82 Å². The first kappa shape index (κ1) is 12.7. The van der Waals surface area contributed by atoms with Crippen LogP contribution in [0.15, 0.2) is 12.3 Å². The standard InChI is InChI=1S/C12H22N4/c1-6-16(7-2)10-8-9-13-11(14-10)15-12(3,4)5/h8-9H,6-7H2,1-5H3,(H,13,14,15). The molecule has 0 aromatic carbocycles. The zero-order valence-electron chi connectivity index (χ0n) is 10.9. The van der Waals surface area contributed by atoms with Crippen LogP contribution in [0.5, 0.6) is 0 Å². The summed E-state index contributed by atoms with van der Waals surface area (Å²) in [4.78, 5) is 10.9. The highest BCUT2D eigenvalue weighted by atomic mass is 15.2. The van der Waals surface area contributed by atoms with E-state index in [0.29, 0.717) is 5.95 Å². The SMILES string of the molecule is CCN(CC)c1ccnc(NC(C)(C)C)n1. The Morgan fingerprint density at radius 2 is 1.88 bits per heavy atom. The lowest BCUT2D eigenvalue weighted by Crippen LogP contribution is -2.28. The van der Waals surface area contributed by atoms with Gasteiger partial charge in [-0.2, -0.15) is 4.98 Å². The van der Waals surface area contributed by atoms with Crippen molar-refractivity contribution in [1.29, 1.82) is 0 Å². The monoisotopic (exact) mass is 222 g/mol. The van der Waals surface area contributed by atoms with Crippen LogP contribution in [-0.4, -0.2) is 28.6 Å². The lowest BCUT2D eigenvalue weighted by atomic mass is 10.1. The van der Waals surface area contributed by atoms with Gasteiger partial charge < -0.3 is 10.2 Å². The molecule has 1 rings (SSSR count). The molecule has 4 nitrogen and oxygen atoms in total. The number of anilines is 2. The number of hydrogen-bond donors (Lipinski definition) is 1. The van der Waals surface area contributed by atoms with Gasteiger partial charge >= 0.3 is 0 Å². The maximum atomic E-state index is 4.50. The van der Waals surface area contributed by atoms with E-state index < -0.39 is 0 Å². The van der Waals surface area contributed by atoms with Crippen molar-refractivity contribution in [3.05, 3.63) is 12.3 Å². The molecule has 0 unspecified atom stereocenters. The number of hydrogen-bond acceptors (Lipinski definition) is 4. The van der Waals surface area contributed by atoms with Crippen LogP contribution in [0.3, 0.4) is 0 Å². The van der Waals surface area contributed by atoms with Crippen LogP contribution in [0.2, 0.25) is 0 Å². The Morgan fingerprint density at radius 1 is 1.25 bits per heavy atom. The molecule has 1 N–H and O–H groups in total. The predicted molar refractivity (Wildman–Crippen MR) is 69.0 cm³/mol. The third-order valence-corrected chi connectivity index (χ3v) is 2.22. The predicted octanol–water partition coefficient (Wildman–Crippen LogP) is 2.53. The lowest BCUT2D eigenvalue weighted by molar-refractivity contribution is 0.625. The van der Waals surface area contributed by atoms with Crippen molar-refractivity contribution in [2.24, 2.45) is 0 Å². The van der Waals surface area contributed by atoms with Crippen molar-refractivity contribution >= 4 is 11.8 Å². The Labute approximate surface area is 98.1 Å². The van der Waals surface area contributed by atoms with E-state index in [1.807, 2.05) is 6.07 Å². The van der Waals surface area contributed by atoms with Gasteiger partial charge in [0.15, 0.2) is 0 Å². The topological polar surface area (TPSA) is 41.1 Å². The fraction of sp³-hybridized carbons (Fsp3) is 0.667. The third-order valence-electron chi connectivity index (χ3n) is 2.22. The Hall–Kier alpha value is -1.32. The van der Waals surface area contributed by atoms with Gasteiger partial charge in [0, 0.05) is 24.8 Å². The van der Waals surface area contributed by atoms with E-state index in [9.17, 15) is 0 Å². The molecule has 0 saturated carbocycles. The third kappa shape index (κ3) is 3.68. The fourth-order valence-electron chi connectivity index (χ4n) is 1.47. The molecule has 1 aromatic heterocycles. The Kier molecular flexibility index (Phi) is 4.10. The van der Waals surface area contributed by atoms with Crippen molar-refractivity contribution in [2.75, 3.05) is 23.3 Å². The molecule has 1 aromatic rings. The highest BCUT2D eigenvalue weighted by Crippen LogP contribution is 2.14. The van der Waals surface area contributed by atoms with Crippen molar-refractivity contribution in [2.45, 2.75) is 40.2 Å². The number of aromatic nitrogens is 2. The highest BCUT2D eigenvalue weighted by Gasteiger charge is 2.12. The second-order valence-corrected chi connectivity index (χ2v) is 4.79. The normalized spacial score (nSPS) is 11.3. The van der Waals surface area contributed by atoms with E-state index in [1.165, 1.54) is 0 Å².